The minimum atomic E-state index is -0.873. The minimum Gasteiger partial charge on any atom is -0.321 e. The van der Waals surface area contributed by atoms with E-state index in [1.807, 2.05) is 6.07 Å². The third-order valence-corrected chi connectivity index (χ3v) is 2.93. The summed E-state index contributed by atoms with van der Waals surface area (Å²) in [6.07, 6.45) is 1.24. The predicted octanol–water partition coefficient (Wildman–Crippen LogP) is 2.28. The quantitative estimate of drug-likeness (QED) is 0.596. The van der Waals surface area contributed by atoms with Crippen LogP contribution in [0.25, 0.3) is 0 Å². The van der Waals surface area contributed by atoms with E-state index in [2.05, 4.69) is 15.7 Å². The molecule has 1 aromatic carbocycles. The van der Waals surface area contributed by atoms with Crippen molar-refractivity contribution in [2.45, 2.75) is 0 Å². The van der Waals surface area contributed by atoms with Crippen LogP contribution in [0.5, 0.6) is 0 Å². The first kappa shape index (κ1) is 14.7. The molecule has 0 spiro atoms. The van der Waals surface area contributed by atoms with E-state index in [9.17, 15) is 9.18 Å². The maximum Gasteiger partial charge on any atom is 0.258 e. The maximum atomic E-state index is 13.9. The number of nitriles is 1. The second-order valence-electron chi connectivity index (χ2n) is 3.93. The second-order valence-corrected chi connectivity index (χ2v) is 4.33. The van der Waals surface area contributed by atoms with E-state index in [4.69, 9.17) is 22.7 Å². The van der Waals surface area contributed by atoms with Crippen LogP contribution in [0.3, 0.4) is 0 Å². The number of carbonyl (C=O) groups is 1. The first-order valence-electron chi connectivity index (χ1n) is 5.69. The zero-order valence-corrected chi connectivity index (χ0v) is 11.3. The highest BCUT2D eigenvalue weighted by Gasteiger charge is 2.16. The summed E-state index contributed by atoms with van der Waals surface area (Å²) in [4.78, 5) is 15.7. The number of rotatable bonds is 3. The Kier molecular flexibility index (Phi) is 4.33. The van der Waals surface area contributed by atoms with Gasteiger partial charge in [-0.2, -0.15) is 5.26 Å². The van der Waals surface area contributed by atoms with E-state index >= 15 is 0 Å². The van der Waals surface area contributed by atoms with E-state index in [0.717, 1.165) is 0 Å². The van der Waals surface area contributed by atoms with Gasteiger partial charge in [-0.3, -0.25) is 4.79 Å². The van der Waals surface area contributed by atoms with Crippen molar-refractivity contribution < 1.29 is 9.18 Å². The van der Waals surface area contributed by atoms with Crippen molar-refractivity contribution >= 4 is 29.0 Å². The average molecular weight is 306 g/mol. The van der Waals surface area contributed by atoms with Crippen molar-refractivity contribution in [2.24, 2.45) is 5.84 Å². The van der Waals surface area contributed by atoms with Gasteiger partial charge in [0.15, 0.2) is 11.6 Å². The number of hydrazine groups is 1. The van der Waals surface area contributed by atoms with Crippen LogP contribution in [0.4, 0.5) is 15.9 Å². The Hall–Kier alpha value is -2.69. The van der Waals surface area contributed by atoms with Gasteiger partial charge in [0.2, 0.25) is 0 Å². The highest BCUT2D eigenvalue weighted by Crippen LogP contribution is 2.24. The molecule has 2 aromatic rings. The SMILES string of the molecule is N#Cc1ccc(NC(=O)c2ccnc(NN)c2F)c(Cl)c1. The monoisotopic (exact) mass is 305 g/mol. The molecule has 21 heavy (non-hydrogen) atoms. The lowest BCUT2D eigenvalue weighted by molar-refractivity contribution is 0.102. The molecule has 0 saturated heterocycles. The fourth-order valence-electron chi connectivity index (χ4n) is 1.60. The topological polar surface area (TPSA) is 104 Å². The van der Waals surface area contributed by atoms with Gasteiger partial charge in [-0.25, -0.2) is 15.2 Å². The van der Waals surface area contributed by atoms with Gasteiger partial charge in [0.1, 0.15) is 0 Å². The van der Waals surface area contributed by atoms with Crippen molar-refractivity contribution in [3.8, 4) is 6.07 Å². The number of amides is 1. The largest absolute Gasteiger partial charge is 0.321 e. The number of nitrogen functional groups attached to an aromatic ring is 1. The molecule has 0 aliphatic rings. The van der Waals surface area contributed by atoms with Crippen molar-refractivity contribution in [1.29, 1.82) is 5.26 Å². The molecule has 4 N–H and O–H groups in total. The molecule has 0 atom stereocenters. The van der Waals surface area contributed by atoms with Crippen molar-refractivity contribution in [2.75, 3.05) is 10.7 Å². The van der Waals surface area contributed by atoms with Crippen LogP contribution in [0.1, 0.15) is 15.9 Å². The first-order chi connectivity index (χ1) is 10.1. The van der Waals surface area contributed by atoms with Gasteiger partial charge in [-0.1, -0.05) is 11.6 Å². The fraction of sp³-hybridized carbons (Fsp3) is 0. The van der Waals surface area contributed by atoms with Crippen molar-refractivity contribution in [3.63, 3.8) is 0 Å². The molecule has 6 nitrogen and oxygen atoms in total. The lowest BCUT2D eigenvalue weighted by atomic mass is 10.2. The van der Waals surface area contributed by atoms with Gasteiger partial charge in [0, 0.05) is 6.20 Å². The smallest absolute Gasteiger partial charge is 0.258 e. The number of nitrogens with zero attached hydrogens (tertiary/aromatic N) is 2. The normalized spacial score (nSPS) is 9.81. The number of halogens is 2. The Morgan fingerprint density at radius 3 is 2.81 bits per heavy atom. The molecule has 1 heterocycles. The Morgan fingerprint density at radius 1 is 1.43 bits per heavy atom. The molecule has 8 heteroatoms. The maximum absolute atomic E-state index is 13.9. The van der Waals surface area contributed by atoms with E-state index in [0.29, 0.717) is 5.56 Å². The summed E-state index contributed by atoms with van der Waals surface area (Å²) in [5.74, 6) is 3.27. The van der Waals surface area contributed by atoms with Gasteiger partial charge in [-0.15, -0.1) is 0 Å². The molecule has 0 radical (unpaired) electrons. The van der Waals surface area contributed by atoms with Crippen LogP contribution in [0, 0.1) is 17.1 Å². The standard InChI is InChI=1S/C13H9ClFN5O/c14-9-5-7(6-16)1-2-10(9)19-13(21)8-3-4-18-12(20-17)11(8)15/h1-5H,17H2,(H,18,20)(H,19,21). The Morgan fingerprint density at radius 2 is 2.19 bits per heavy atom. The summed E-state index contributed by atoms with van der Waals surface area (Å²) in [5.41, 5.74) is 2.43. The highest BCUT2D eigenvalue weighted by atomic mass is 35.5. The summed E-state index contributed by atoms with van der Waals surface area (Å²) in [5, 5.41) is 11.4. The first-order valence-corrected chi connectivity index (χ1v) is 6.06. The number of pyridine rings is 1. The molecule has 1 aromatic heterocycles. The Bertz CT molecular complexity index is 744. The molecule has 2 rings (SSSR count). The van der Waals surface area contributed by atoms with Crippen LogP contribution in [-0.4, -0.2) is 10.9 Å². The van der Waals surface area contributed by atoms with E-state index in [1.165, 1.54) is 30.5 Å². The number of nitrogens with one attached hydrogen (secondary N) is 2. The molecule has 0 fully saturated rings. The van der Waals surface area contributed by atoms with Crippen LogP contribution in [0.2, 0.25) is 5.02 Å². The van der Waals surface area contributed by atoms with E-state index < -0.39 is 11.7 Å². The molecule has 0 aliphatic carbocycles. The summed E-state index contributed by atoms with van der Waals surface area (Å²) in [6, 6.07) is 7.47. The summed E-state index contributed by atoms with van der Waals surface area (Å²) < 4.78 is 13.9. The number of nitrogens with two attached hydrogens (primary N) is 1. The number of aromatic nitrogens is 1. The van der Waals surface area contributed by atoms with Gasteiger partial charge in [0.25, 0.3) is 5.91 Å². The lowest BCUT2D eigenvalue weighted by Crippen LogP contribution is -2.17. The van der Waals surface area contributed by atoms with Crippen LogP contribution in [0.15, 0.2) is 30.5 Å². The van der Waals surface area contributed by atoms with Crippen molar-refractivity contribution in [1.82, 2.24) is 4.98 Å². The van der Waals surface area contributed by atoms with Crippen LogP contribution < -0.4 is 16.6 Å². The average Bonchev–Trinajstić information content (AvgIpc) is 2.49. The third-order valence-electron chi connectivity index (χ3n) is 2.62. The molecule has 0 aliphatic heterocycles. The molecule has 0 saturated carbocycles. The molecule has 0 bridgehead atoms. The van der Waals surface area contributed by atoms with E-state index in [1.54, 1.807) is 0 Å². The molecule has 0 unspecified atom stereocenters. The molecular formula is C13H9ClFN5O. The van der Waals surface area contributed by atoms with Gasteiger partial charge < -0.3 is 10.7 Å². The van der Waals surface area contributed by atoms with E-state index in [-0.39, 0.29) is 22.1 Å². The number of anilines is 2. The zero-order chi connectivity index (χ0) is 15.4. The van der Waals surface area contributed by atoms with Gasteiger partial charge in [-0.05, 0) is 24.3 Å². The second kappa shape index (κ2) is 6.17. The zero-order valence-electron chi connectivity index (χ0n) is 10.5. The van der Waals surface area contributed by atoms with Crippen LogP contribution in [-0.2, 0) is 0 Å². The van der Waals surface area contributed by atoms with Gasteiger partial charge in [0.05, 0.1) is 27.9 Å². The summed E-state index contributed by atoms with van der Waals surface area (Å²) >= 11 is 5.93. The summed E-state index contributed by atoms with van der Waals surface area (Å²) in [7, 11) is 0. The fourth-order valence-corrected chi connectivity index (χ4v) is 1.82. The summed E-state index contributed by atoms with van der Waals surface area (Å²) in [6.45, 7) is 0. The minimum absolute atomic E-state index is 0.175. The molecular weight excluding hydrogens is 297 g/mol. The predicted molar refractivity (Wildman–Crippen MR) is 76.1 cm³/mol. The Labute approximate surface area is 124 Å². The molecule has 1 amide bonds. The number of hydrogen-bond donors (Lipinski definition) is 3. The number of benzene rings is 1. The third kappa shape index (κ3) is 3.08. The molecule has 106 valence electrons. The van der Waals surface area contributed by atoms with Crippen LogP contribution >= 0.6 is 11.6 Å². The van der Waals surface area contributed by atoms with Crippen molar-refractivity contribution in [3.05, 3.63) is 52.4 Å². The van der Waals surface area contributed by atoms with Gasteiger partial charge >= 0.3 is 0 Å². The highest BCUT2D eigenvalue weighted by molar-refractivity contribution is 6.34. The lowest BCUT2D eigenvalue weighted by Gasteiger charge is -2.09. The Balaban J connectivity index is 2.29. The number of carbonyl (C=O) groups excluding carboxylic acids is 1. The number of hydrogen-bond acceptors (Lipinski definition) is 5.